The Kier molecular flexibility index (Phi) is 5.31. The molecule has 2 saturated heterocycles. The van der Waals surface area contributed by atoms with Crippen molar-refractivity contribution < 1.29 is 23.1 Å². The zero-order chi connectivity index (χ0) is 18.9. The maximum atomic E-state index is 12.7. The lowest BCUT2D eigenvalue weighted by molar-refractivity contribution is -0.140. The Morgan fingerprint density at radius 2 is 1.65 bits per heavy atom. The fourth-order valence-corrected chi connectivity index (χ4v) is 4.02. The number of likely N-dealkylation sites (tertiary alicyclic amines) is 2. The van der Waals surface area contributed by atoms with Crippen LogP contribution in [0.3, 0.4) is 0 Å². The van der Waals surface area contributed by atoms with Crippen molar-refractivity contribution in [3.05, 3.63) is 29.8 Å². The summed E-state index contributed by atoms with van der Waals surface area (Å²) in [5.41, 5.74) is 0.321. The van der Waals surface area contributed by atoms with Gasteiger partial charge in [-0.05, 0) is 43.5 Å². The van der Waals surface area contributed by atoms with Gasteiger partial charge in [-0.3, -0.25) is 9.59 Å². The molecule has 2 heterocycles. The number of nitrogens with two attached hydrogens (primary N) is 1. The van der Waals surface area contributed by atoms with Gasteiger partial charge in [-0.1, -0.05) is 0 Å². The minimum Gasteiger partial charge on any atom is -0.392 e. The zero-order valence-electron chi connectivity index (χ0n) is 14.4. The summed E-state index contributed by atoms with van der Waals surface area (Å²) in [7, 11) is -3.82. The quantitative estimate of drug-likeness (QED) is 0.750. The number of piperidine rings is 1. The van der Waals surface area contributed by atoms with E-state index in [-0.39, 0.29) is 23.3 Å². The summed E-state index contributed by atoms with van der Waals surface area (Å²) in [4.78, 5) is 28.5. The summed E-state index contributed by atoms with van der Waals surface area (Å²) in [6.07, 6.45) is 1.52. The summed E-state index contributed by atoms with van der Waals surface area (Å²) >= 11 is 0. The molecule has 1 aromatic carbocycles. The van der Waals surface area contributed by atoms with Gasteiger partial charge in [0.1, 0.15) is 0 Å². The molecule has 8 nitrogen and oxygen atoms in total. The van der Waals surface area contributed by atoms with Crippen LogP contribution in [0.15, 0.2) is 29.2 Å². The normalized spacial score (nSPS) is 23.9. The lowest BCUT2D eigenvalue weighted by atomic mass is 9.92. The smallest absolute Gasteiger partial charge is 0.253 e. The van der Waals surface area contributed by atoms with Crippen molar-refractivity contribution in [1.82, 2.24) is 9.80 Å². The molecule has 0 saturated carbocycles. The first kappa shape index (κ1) is 18.8. The van der Waals surface area contributed by atoms with E-state index in [4.69, 9.17) is 5.14 Å². The summed E-state index contributed by atoms with van der Waals surface area (Å²) in [5, 5.41) is 15.3. The molecule has 0 spiro atoms. The van der Waals surface area contributed by atoms with E-state index in [0.29, 0.717) is 31.6 Å². The number of carbonyl (C=O) groups excluding carboxylic acids is 2. The summed E-state index contributed by atoms with van der Waals surface area (Å²) in [6.45, 7) is 1.91. The monoisotopic (exact) mass is 381 g/mol. The fraction of sp³-hybridized carbons (Fsp3) is 0.529. The second-order valence-electron chi connectivity index (χ2n) is 6.82. The Balaban J connectivity index is 1.72. The van der Waals surface area contributed by atoms with Gasteiger partial charge < -0.3 is 14.9 Å². The van der Waals surface area contributed by atoms with Crippen molar-refractivity contribution in [2.45, 2.75) is 30.3 Å². The molecule has 0 aliphatic carbocycles. The average Bonchev–Trinajstić information content (AvgIpc) is 3.15. The molecular weight excluding hydrogens is 358 g/mol. The number of amides is 2. The highest BCUT2D eigenvalue weighted by Gasteiger charge is 2.38. The van der Waals surface area contributed by atoms with Crippen molar-refractivity contribution in [2.24, 2.45) is 11.1 Å². The SMILES string of the molecule is NS(=O)(=O)c1ccc(C(=O)N2CC[C@@H](O)[C@@H](C(=O)N3CCCC3)C2)cc1. The molecule has 26 heavy (non-hydrogen) atoms. The highest BCUT2D eigenvalue weighted by molar-refractivity contribution is 7.89. The maximum Gasteiger partial charge on any atom is 0.253 e. The van der Waals surface area contributed by atoms with Gasteiger partial charge in [0, 0.05) is 31.7 Å². The Morgan fingerprint density at radius 1 is 1.04 bits per heavy atom. The predicted molar refractivity (Wildman–Crippen MR) is 93.6 cm³/mol. The number of benzene rings is 1. The molecule has 2 aliphatic heterocycles. The lowest BCUT2D eigenvalue weighted by Gasteiger charge is -2.37. The summed E-state index contributed by atoms with van der Waals surface area (Å²) < 4.78 is 22.6. The van der Waals surface area contributed by atoms with Crippen molar-refractivity contribution in [3.63, 3.8) is 0 Å². The molecular formula is C17H23N3O5S. The molecule has 1 aromatic rings. The molecule has 2 atom stereocenters. The molecule has 2 aliphatic rings. The van der Waals surface area contributed by atoms with Crippen molar-refractivity contribution in [2.75, 3.05) is 26.2 Å². The number of hydrogen-bond donors (Lipinski definition) is 2. The third-order valence-corrected chi connectivity index (χ3v) is 5.96. The van der Waals surface area contributed by atoms with Gasteiger partial charge in [0.05, 0.1) is 16.9 Å². The van der Waals surface area contributed by atoms with Crippen LogP contribution in [0.4, 0.5) is 0 Å². The van der Waals surface area contributed by atoms with E-state index in [1.807, 2.05) is 0 Å². The van der Waals surface area contributed by atoms with Crippen molar-refractivity contribution in [3.8, 4) is 0 Å². The molecule has 0 bridgehead atoms. The molecule has 3 N–H and O–H groups in total. The van der Waals surface area contributed by atoms with Crippen LogP contribution in [0.25, 0.3) is 0 Å². The number of hydrogen-bond acceptors (Lipinski definition) is 5. The van der Waals surface area contributed by atoms with Crippen LogP contribution in [0.1, 0.15) is 29.6 Å². The van der Waals surface area contributed by atoms with E-state index < -0.39 is 22.0 Å². The second-order valence-corrected chi connectivity index (χ2v) is 8.38. The van der Waals surface area contributed by atoms with Crippen LogP contribution in [0.5, 0.6) is 0 Å². The van der Waals surface area contributed by atoms with Gasteiger partial charge in [0.25, 0.3) is 5.91 Å². The number of aliphatic hydroxyl groups excluding tert-OH is 1. The first-order chi connectivity index (χ1) is 12.3. The summed E-state index contributed by atoms with van der Waals surface area (Å²) in [6, 6.07) is 5.39. The predicted octanol–water partition coefficient (Wildman–Crippen LogP) is -0.221. The Bertz CT molecular complexity index is 787. The Hall–Kier alpha value is -1.97. The molecule has 0 unspecified atom stereocenters. The molecule has 9 heteroatoms. The second kappa shape index (κ2) is 7.34. The van der Waals surface area contributed by atoms with Gasteiger partial charge in [-0.15, -0.1) is 0 Å². The van der Waals surface area contributed by atoms with Crippen LogP contribution in [0.2, 0.25) is 0 Å². The molecule has 142 valence electrons. The van der Waals surface area contributed by atoms with Crippen LogP contribution in [-0.4, -0.2) is 67.4 Å². The standard InChI is InChI=1S/C17H23N3O5S/c18-26(24,25)13-5-3-12(4-6-13)16(22)20-10-7-15(21)14(11-20)17(23)19-8-1-2-9-19/h3-6,14-15,21H,1-2,7-11H2,(H2,18,24,25)/t14-,15+/m0/s1. The Labute approximate surface area is 152 Å². The van der Waals surface area contributed by atoms with E-state index in [2.05, 4.69) is 0 Å². The van der Waals surface area contributed by atoms with Crippen LogP contribution >= 0.6 is 0 Å². The van der Waals surface area contributed by atoms with Crippen molar-refractivity contribution in [1.29, 1.82) is 0 Å². The molecule has 2 amide bonds. The number of primary sulfonamides is 1. The number of sulfonamides is 1. The van der Waals surface area contributed by atoms with Gasteiger partial charge in [-0.2, -0.15) is 0 Å². The molecule has 3 rings (SSSR count). The highest BCUT2D eigenvalue weighted by Crippen LogP contribution is 2.23. The zero-order valence-corrected chi connectivity index (χ0v) is 15.2. The number of rotatable bonds is 3. The number of aliphatic hydroxyl groups is 1. The van der Waals surface area contributed by atoms with E-state index in [0.717, 1.165) is 12.8 Å². The molecule has 0 radical (unpaired) electrons. The first-order valence-electron chi connectivity index (χ1n) is 8.66. The first-order valence-corrected chi connectivity index (χ1v) is 10.2. The van der Waals surface area contributed by atoms with E-state index in [9.17, 15) is 23.1 Å². The van der Waals surface area contributed by atoms with Crippen LogP contribution in [0, 0.1) is 5.92 Å². The largest absolute Gasteiger partial charge is 0.392 e. The Morgan fingerprint density at radius 3 is 2.23 bits per heavy atom. The van der Waals surface area contributed by atoms with E-state index in [1.165, 1.54) is 29.2 Å². The lowest BCUT2D eigenvalue weighted by Crippen LogP contribution is -2.52. The minimum absolute atomic E-state index is 0.0646. The van der Waals surface area contributed by atoms with E-state index in [1.54, 1.807) is 4.90 Å². The third-order valence-electron chi connectivity index (χ3n) is 5.03. The van der Waals surface area contributed by atoms with Gasteiger partial charge >= 0.3 is 0 Å². The molecule has 0 aromatic heterocycles. The minimum atomic E-state index is -3.82. The van der Waals surface area contributed by atoms with Gasteiger partial charge in [-0.25, -0.2) is 13.6 Å². The third kappa shape index (κ3) is 3.89. The van der Waals surface area contributed by atoms with Crippen molar-refractivity contribution >= 4 is 21.8 Å². The number of nitrogens with zero attached hydrogens (tertiary/aromatic N) is 2. The average molecular weight is 381 g/mol. The topological polar surface area (TPSA) is 121 Å². The van der Waals surface area contributed by atoms with Gasteiger partial charge in [0.2, 0.25) is 15.9 Å². The maximum absolute atomic E-state index is 12.7. The van der Waals surface area contributed by atoms with Crippen LogP contribution < -0.4 is 5.14 Å². The highest BCUT2D eigenvalue weighted by atomic mass is 32.2. The van der Waals surface area contributed by atoms with Crippen LogP contribution in [-0.2, 0) is 14.8 Å². The molecule has 2 fully saturated rings. The van der Waals surface area contributed by atoms with Gasteiger partial charge in [0.15, 0.2) is 0 Å². The summed E-state index contributed by atoms with van der Waals surface area (Å²) in [5.74, 6) is -1.01. The number of carbonyl (C=O) groups is 2. The fourth-order valence-electron chi connectivity index (χ4n) is 3.51. The van der Waals surface area contributed by atoms with E-state index >= 15 is 0 Å².